The van der Waals surface area contributed by atoms with E-state index >= 15 is 0 Å². The van der Waals surface area contributed by atoms with Crippen LogP contribution < -0.4 is 15.8 Å². The maximum Gasteiger partial charge on any atom is 0.250 e. The van der Waals surface area contributed by atoms with Crippen LogP contribution in [0.5, 0.6) is 0 Å². The predicted molar refractivity (Wildman–Crippen MR) is 97.8 cm³/mol. The van der Waals surface area contributed by atoms with Crippen molar-refractivity contribution in [1.29, 1.82) is 0 Å². The van der Waals surface area contributed by atoms with Crippen molar-refractivity contribution in [2.75, 3.05) is 31.1 Å². The van der Waals surface area contributed by atoms with E-state index in [0.29, 0.717) is 16.3 Å². The quantitative estimate of drug-likeness (QED) is 0.803. The first-order valence-electron chi connectivity index (χ1n) is 8.73. The molecule has 1 saturated heterocycles. The predicted octanol–water partition coefficient (Wildman–Crippen LogP) is 2.67. The Morgan fingerprint density at radius 1 is 0.875 bits per heavy atom. The van der Waals surface area contributed by atoms with Crippen molar-refractivity contribution in [1.82, 2.24) is 4.90 Å². The van der Waals surface area contributed by atoms with Gasteiger partial charge in [0.1, 0.15) is 5.69 Å². The monoisotopic (exact) mass is 344 g/mol. The molecule has 2 fully saturated rings. The molecule has 0 amide bonds. The van der Waals surface area contributed by atoms with E-state index in [0.717, 1.165) is 37.8 Å². The summed E-state index contributed by atoms with van der Waals surface area (Å²) in [6.07, 6.45) is 5.28. The van der Waals surface area contributed by atoms with Gasteiger partial charge in [-0.2, -0.15) is 0 Å². The van der Waals surface area contributed by atoms with E-state index in [-0.39, 0.29) is 10.9 Å². The second kappa shape index (κ2) is 6.34. The molecule has 1 aliphatic carbocycles. The van der Waals surface area contributed by atoms with Crippen molar-refractivity contribution >= 4 is 17.3 Å². The molecule has 0 radical (unpaired) electrons. The SMILES string of the molecule is O=c1c(-c2ccc(Cl)cc2)c(N2CCN(C3CCCC3)CC2)c1=O. The maximum atomic E-state index is 12.2. The molecule has 0 aromatic heterocycles. The Hall–Kier alpha value is -1.65. The van der Waals surface area contributed by atoms with E-state index in [1.54, 1.807) is 12.1 Å². The van der Waals surface area contributed by atoms with Crippen molar-refractivity contribution < 1.29 is 0 Å². The lowest BCUT2D eigenvalue weighted by molar-refractivity contribution is 0.187. The Bertz CT molecular complexity index is 794. The molecule has 2 aliphatic rings. The van der Waals surface area contributed by atoms with Crippen molar-refractivity contribution in [2.24, 2.45) is 0 Å². The topological polar surface area (TPSA) is 40.6 Å². The van der Waals surface area contributed by atoms with E-state index in [1.807, 2.05) is 12.1 Å². The van der Waals surface area contributed by atoms with Crippen LogP contribution in [-0.2, 0) is 0 Å². The highest BCUT2D eigenvalue weighted by Gasteiger charge is 2.31. The van der Waals surface area contributed by atoms with E-state index in [9.17, 15) is 9.59 Å². The zero-order valence-electron chi connectivity index (χ0n) is 13.6. The zero-order chi connectivity index (χ0) is 16.7. The van der Waals surface area contributed by atoms with Gasteiger partial charge in [0.05, 0.1) is 5.56 Å². The van der Waals surface area contributed by atoms with E-state index < -0.39 is 0 Å². The summed E-state index contributed by atoms with van der Waals surface area (Å²) in [5.41, 5.74) is 1.25. The lowest BCUT2D eigenvalue weighted by Gasteiger charge is -2.39. The first-order chi connectivity index (χ1) is 11.6. The van der Waals surface area contributed by atoms with Crippen molar-refractivity contribution in [3.8, 4) is 11.1 Å². The Labute approximate surface area is 146 Å². The Balaban J connectivity index is 1.53. The van der Waals surface area contributed by atoms with Gasteiger partial charge in [0.25, 0.3) is 0 Å². The van der Waals surface area contributed by atoms with E-state index in [4.69, 9.17) is 11.6 Å². The van der Waals surface area contributed by atoms with Crippen LogP contribution in [0.3, 0.4) is 0 Å². The maximum absolute atomic E-state index is 12.2. The molecule has 0 unspecified atom stereocenters. The number of rotatable bonds is 3. The summed E-state index contributed by atoms with van der Waals surface area (Å²) in [5.74, 6) is 0. The molecular formula is C19H21ClN2O2. The summed E-state index contributed by atoms with van der Waals surface area (Å²) in [6.45, 7) is 3.59. The van der Waals surface area contributed by atoms with E-state index in [2.05, 4.69) is 9.80 Å². The zero-order valence-corrected chi connectivity index (χ0v) is 14.4. The first kappa shape index (κ1) is 15.9. The van der Waals surface area contributed by atoms with Gasteiger partial charge < -0.3 is 4.90 Å². The molecule has 4 rings (SSSR count). The fourth-order valence-corrected chi connectivity index (χ4v) is 4.27. The molecule has 2 aromatic carbocycles. The van der Waals surface area contributed by atoms with Gasteiger partial charge in [0.2, 0.25) is 10.9 Å². The van der Waals surface area contributed by atoms with Gasteiger partial charge in [-0.25, -0.2) is 0 Å². The molecular weight excluding hydrogens is 324 g/mol. The van der Waals surface area contributed by atoms with Crippen LogP contribution >= 0.6 is 11.6 Å². The minimum Gasteiger partial charge on any atom is -0.365 e. The van der Waals surface area contributed by atoms with Crippen LogP contribution in [-0.4, -0.2) is 37.1 Å². The van der Waals surface area contributed by atoms with Gasteiger partial charge in [-0.15, -0.1) is 0 Å². The highest BCUT2D eigenvalue weighted by Crippen LogP contribution is 2.30. The molecule has 0 atom stereocenters. The lowest BCUT2D eigenvalue weighted by atomic mass is 9.97. The van der Waals surface area contributed by atoms with Crippen LogP contribution in [0.2, 0.25) is 5.02 Å². The molecule has 0 spiro atoms. The molecule has 0 bridgehead atoms. The summed E-state index contributed by atoms with van der Waals surface area (Å²) < 4.78 is 0. The minimum atomic E-state index is -0.370. The average molecular weight is 345 g/mol. The van der Waals surface area contributed by atoms with Crippen molar-refractivity contribution in [3.05, 3.63) is 49.7 Å². The number of piperazine rings is 1. The molecule has 1 saturated carbocycles. The third-order valence-corrected chi connectivity index (χ3v) is 5.74. The standard InChI is InChI=1S/C19H21ClN2O2/c20-14-7-5-13(6-8-14)16-17(19(24)18(16)23)22-11-9-21(10-12-22)15-3-1-2-4-15/h5-8,15H,1-4,9-12H2. The summed E-state index contributed by atoms with van der Waals surface area (Å²) in [4.78, 5) is 28.9. The van der Waals surface area contributed by atoms with E-state index in [1.165, 1.54) is 25.7 Å². The normalized spacial score (nSPS) is 20.1. The highest BCUT2D eigenvalue weighted by atomic mass is 35.5. The number of anilines is 1. The molecule has 1 aliphatic heterocycles. The summed E-state index contributed by atoms with van der Waals surface area (Å²) >= 11 is 5.92. The molecule has 0 N–H and O–H groups in total. The second-order valence-corrected chi connectivity index (χ2v) is 7.29. The first-order valence-corrected chi connectivity index (χ1v) is 9.11. The average Bonchev–Trinajstić information content (AvgIpc) is 3.15. The van der Waals surface area contributed by atoms with Gasteiger partial charge in [-0.1, -0.05) is 36.6 Å². The second-order valence-electron chi connectivity index (χ2n) is 6.85. The minimum absolute atomic E-state index is 0.339. The van der Waals surface area contributed by atoms with Crippen LogP contribution in [0.4, 0.5) is 5.69 Å². The van der Waals surface area contributed by atoms with Gasteiger partial charge in [0, 0.05) is 37.2 Å². The number of hydrogen-bond acceptors (Lipinski definition) is 4. The molecule has 1 heterocycles. The largest absolute Gasteiger partial charge is 0.365 e. The number of nitrogens with zero attached hydrogens (tertiary/aromatic N) is 2. The smallest absolute Gasteiger partial charge is 0.250 e. The third-order valence-electron chi connectivity index (χ3n) is 5.49. The van der Waals surface area contributed by atoms with Crippen molar-refractivity contribution in [3.63, 3.8) is 0 Å². The molecule has 126 valence electrons. The number of halogens is 1. The van der Waals surface area contributed by atoms with Gasteiger partial charge in [-0.3, -0.25) is 14.5 Å². The number of benzene rings is 1. The summed E-state index contributed by atoms with van der Waals surface area (Å²) in [6, 6.07) is 7.87. The highest BCUT2D eigenvalue weighted by molar-refractivity contribution is 6.30. The van der Waals surface area contributed by atoms with Gasteiger partial charge >= 0.3 is 0 Å². The molecule has 2 aromatic rings. The Morgan fingerprint density at radius 2 is 1.50 bits per heavy atom. The van der Waals surface area contributed by atoms with Crippen LogP contribution in [0, 0.1) is 0 Å². The Kier molecular flexibility index (Phi) is 4.19. The van der Waals surface area contributed by atoms with Crippen molar-refractivity contribution in [2.45, 2.75) is 31.7 Å². The molecule has 4 nitrogen and oxygen atoms in total. The molecule has 5 heteroatoms. The molecule has 24 heavy (non-hydrogen) atoms. The lowest BCUT2D eigenvalue weighted by Crippen LogP contribution is -2.53. The number of hydrogen-bond donors (Lipinski definition) is 0. The van der Waals surface area contributed by atoms with Crippen LogP contribution in [0.25, 0.3) is 11.1 Å². The fraction of sp³-hybridized carbons (Fsp3) is 0.474. The third kappa shape index (κ3) is 2.68. The van der Waals surface area contributed by atoms with Gasteiger partial charge in [0.15, 0.2) is 0 Å². The van der Waals surface area contributed by atoms with Crippen LogP contribution in [0.1, 0.15) is 25.7 Å². The summed E-state index contributed by atoms with van der Waals surface area (Å²) in [5, 5.41) is 0.629. The summed E-state index contributed by atoms with van der Waals surface area (Å²) in [7, 11) is 0. The fourth-order valence-electron chi connectivity index (χ4n) is 4.15. The van der Waals surface area contributed by atoms with Crippen LogP contribution in [0.15, 0.2) is 33.9 Å². The van der Waals surface area contributed by atoms with Gasteiger partial charge in [-0.05, 0) is 30.5 Å². The Morgan fingerprint density at radius 3 is 2.12 bits per heavy atom.